The van der Waals surface area contributed by atoms with E-state index in [4.69, 9.17) is 4.74 Å². The summed E-state index contributed by atoms with van der Waals surface area (Å²) in [5.41, 5.74) is 4.56. The van der Waals surface area contributed by atoms with Gasteiger partial charge in [-0.2, -0.15) is 0 Å². The summed E-state index contributed by atoms with van der Waals surface area (Å²) in [5, 5.41) is 0. The molecule has 0 spiro atoms. The van der Waals surface area contributed by atoms with E-state index in [1.807, 2.05) is 13.0 Å². The summed E-state index contributed by atoms with van der Waals surface area (Å²) in [5.74, 6) is 1.03. The van der Waals surface area contributed by atoms with Gasteiger partial charge in [0, 0.05) is 5.56 Å². The molecule has 0 saturated heterocycles. The number of ether oxygens (including phenoxy) is 1. The van der Waals surface area contributed by atoms with Crippen molar-refractivity contribution in [3.8, 4) is 16.9 Å². The van der Waals surface area contributed by atoms with Crippen LogP contribution in [0.2, 0.25) is 0 Å². The number of benzene rings is 2. The molecule has 1 aliphatic rings. The van der Waals surface area contributed by atoms with E-state index in [0.717, 1.165) is 17.7 Å². The van der Waals surface area contributed by atoms with E-state index >= 15 is 0 Å². The summed E-state index contributed by atoms with van der Waals surface area (Å²) >= 11 is 0. The van der Waals surface area contributed by atoms with Crippen molar-refractivity contribution in [2.45, 2.75) is 59.3 Å². The summed E-state index contributed by atoms with van der Waals surface area (Å²) in [6, 6.07) is 11.6. The lowest BCUT2D eigenvalue weighted by Gasteiger charge is -2.30. The second-order valence-corrected chi connectivity index (χ2v) is 7.78. The molecule has 1 fully saturated rings. The number of hydrogen-bond acceptors (Lipinski definition) is 1. The quantitative estimate of drug-likeness (QED) is 0.585. The number of aryl methyl sites for hydroxylation is 1. The minimum absolute atomic E-state index is 0.176. The van der Waals surface area contributed by atoms with Crippen molar-refractivity contribution in [2.24, 2.45) is 5.41 Å². The zero-order chi connectivity index (χ0) is 18.0. The van der Waals surface area contributed by atoms with Crippen LogP contribution < -0.4 is 4.74 Å². The normalized spacial score (nSPS) is 19.2. The van der Waals surface area contributed by atoms with Gasteiger partial charge in [-0.15, -0.1) is 0 Å². The first-order valence-corrected chi connectivity index (χ1v) is 9.51. The molecule has 2 aromatic rings. The molecule has 3 rings (SSSR count). The van der Waals surface area contributed by atoms with Gasteiger partial charge in [-0.3, -0.25) is 0 Å². The van der Waals surface area contributed by atoms with E-state index in [0.29, 0.717) is 18.1 Å². The first-order chi connectivity index (χ1) is 12.0. The fourth-order valence-electron chi connectivity index (χ4n) is 4.24. The minimum Gasteiger partial charge on any atom is -0.494 e. The number of rotatable bonds is 5. The molecule has 0 N–H and O–H groups in total. The van der Waals surface area contributed by atoms with Gasteiger partial charge in [-0.25, -0.2) is 4.39 Å². The summed E-state index contributed by atoms with van der Waals surface area (Å²) in [4.78, 5) is 0. The second-order valence-electron chi connectivity index (χ2n) is 7.78. The molecule has 0 bridgehead atoms. The monoisotopic (exact) mass is 340 g/mol. The van der Waals surface area contributed by atoms with Gasteiger partial charge >= 0.3 is 0 Å². The topological polar surface area (TPSA) is 9.23 Å². The highest BCUT2D eigenvalue weighted by Crippen LogP contribution is 2.51. The summed E-state index contributed by atoms with van der Waals surface area (Å²) in [7, 11) is 0. The standard InChI is InChI=1S/C23H29FO/c1-5-16-9-11-18(19(14-16)21-8-7-13-23(21,3)4)20-15-17(25-6-2)10-12-22(20)24/h9-12,14-15,21H,5-8,13H2,1-4H3/t21-/m1/s1. The molecule has 0 aliphatic heterocycles. The molecule has 0 amide bonds. The molecule has 0 radical (unpaired) electrons. The van der Waals surface area contributed by atoms with Crippen LogP contribution in [0.5, 0.6) is 5.75 Å². The molecule has 0 heterocycles. The molecule has 1 aliphatic carbocycles. The molecule has 1 nitrogen and oxygen atoms in total. The average molecular weight is 340 g/mol. The lowest BCUT2D eigenvalue weighted by atomic mass is 9.75. The van der Waals surface area contributed by atoms with E-state index in [-0.39, 0.29) is 11.2 Å². The zero-order valence-corrected chi connectivity index (χ0v) is 15.9. The van der Waals surface area contributed by atoms with E-state index in [9.17, 15) is 4.39 Å². The molecule has 1 saturated carbocycles. The molecular formula is C23H29FO. The molecule has 134 valence electrons. The SMILES string of the molecule is CCOc1ccc(F)c(-c2ccc(CC)cc2[C@H]2CCCC2(C)C)c1. The van der Waals surface area contributed by atoms with Crippen molar-refractivity contribution in [2.75, 3.05) is 6.61 Å². The highest BCUT2D eigenvalue weighted by Gasteiger charge is 2.37. The van der Waals surface area contributed by atoms with Crippen LogP contribution in [-0.2, 0) is 6.42 Å². The fourth-order valence-corrected chi connectivity index (χ4v) is 4.24. The Hall–Kier alpha value is -1.83. The predicted octanol–water partition coefficient (Wildman–Crippen LogP) is 6.75. The van der Waals surface area contributed by atoms with Gasteiger partial charge in [0.15, 0.2) is 0 Å². The van der Waals surface area contributed by atoms with E-state index in [1.165, 1.54) is 36.5 Å². The lowest BCUT2D eigenvalue weighted by Crippen LogP contribution is -2.16. The van der Waals surface area contributed by atoms with Crippen LogP contribution in [0.3, 0.4) is 0 Å². The van der Waals surface area contributed by atoms with Crippen molar-refractivity contribution in [3.63, 3.8) is 0 Å². The average Bonchev–Trinajstić information content (AvgIpc) is 2.95. The Kier molecular flexibility index (Phi) is 5.17. The molecule has 0 aromatic heterocycles. The molecule has 25 heavy (non-hydrogen) atoms. The largest absolute Gasteiger partial charge is 0.494 e. The maximum absolute atomic E-state index is 14.7. The first-order valence-electron chi connectivity index (χ1n) is 9.51. The van der Waals surface area contributed by atoms with E-state index in [2.05, 4.69) is 39.0 Å². The number of hydrogen-bond donors (Lipinski definition) is 0. The first kappa shape index (κ1) is 18.0. The van der Waals surface area contributed by atoms with Gasteiger partial charge in [0.05, 0.1) is 6.61 Å². The lowest BCUT2D eigenvalue weighted by molar-refractivity contribution is 0.332. The predicted molar refractivity (Wildman–Crippen MR) is 103 cm³/mol. The summed E-state index contributed by atoms with van der Waals surface area (Å²) in [6.45, 7) is 9.41. The van der Waals surface area contributed by atoms with Crippen molar-refractivity contribution in [3.05, 3.63) is 53.3 Å². The van der Waals surface area contributed by atoms with Gasteiger partial charge in [0.25, 0.3) is 0 Å². The Labute approximate surface area is 151 Å². The Morgan fingerprint density at radius 2 is 1.88 bits per heavy atom. The van der Waals surface area contributed by atoms with Crippen molar-refractivity contribution >= 4 is 0 Å². The van der Waals surface area contributed by atoms with Crippen LogP contribution in [0, 0.1) is 11.2 Å². The van der Waals surface area contributed by atoms with Crippen LogP contribution in [0.1, 0.15) is 64.0 Å². The van der Waals surface area contributed by atoms with Crippen molar-refractivity contribution < 1.29 is 9.13 Å². The Bertz CT molecular complexity index is 748. The highest BCUT2D eigenvalue weighted by atomic mass is 19.1. The minimum atomic E-state index is -0.176. The van der Waals surface area contributed by atoms with Gasteiger partial charge in [0.1, 0.15) is 11.6 Å². The van der Waals surface area contributed by atoms with Crippen LogP contribution >= 0.6 is 0 Å². The van der Waals surface area contributed by atoms with Crippen molar-refractivity contribution in [1.82, 2.24) is 0 Å². The van der Waals surface area contributed by atoms with Crippen LogP contribution in [0.25, 0.3) is 11.1 Å². The fraction of sp³-hybridized carbons (Fsp3) is 0.478. The third-order valence-corrected chi connectivity index (χ3v) is 5.70. The third-order valence-electron chi connectivity index (χ3n) is 5.70. The van der Waals surface area contributed by atoms with E-state index < -0.39 is 0 Å². The molecule has 2 heteroatoms. The summed E-state index contributed by atoms with van der Waals surface area (Å²) in [6.07, 6.45) is 4.66. The van der Waals surface area contributed by atoms with Crippen LogP contribution in [-0.4, -0.2) is 6.61 Å². The Morgan fingerprint density at radius 1 is 1.08 bits per heavy atom. The maximum Gasteiger partial charge on any atom is 0.131 e. The Balaban J connectivity index is 2.15. The maximum atomic E-state index is 14.7. The summed E-state index contributed by atoms with van der Waals surface area (Å²) < 4.78 is 20.3. The van der Waals surface area contributed by atoms with Gasteiger partial charge in [0.2, 0.25) is 0 Å². The molecule has 1 atom stereocenters. The molecular weight excluding hydrogens is 311 g/mol. The Morgan fingerprint density at radius 3 is 2.52 bits per heavy atom. The smallest absolute Gasteiger partial charge is 0.131 e. The van der Waals surface area contributed by atoms with Crippen LogP contribution in [0.4, 0.5) is 4.39 Å². The van der Waals surface area contributed by atoms with Gasteiger partial charge in [-0.05, 0) is 72.4 Å². The van der Waals surface area contributed by atoms with E-state index in [1.54, 1.807) is 6.07 Å². The highest BCUT2D eigenvalue weighted by molar-refractivity contribution is 5.71. The van der Waals surface area contributed by atoms with Crippen LogP contribution in [0.15, 0.2) is 36.4 Å². The zero-order valence-electron chi connectivity index (χ0n) is 15.9. The molecule has 2 aromatic carbocycles. The van der Waals surface area contributed by atoms with Gasteiger partial charge in [-0.1, -0.05) is 45.4 Å². The van der Waals surface area contributed by atoms with Crippen molar-refractivity contribution in [1.29, 1.82) is 0 Å². The number of halogens is 1. The molecule has 0 unspecified atom stereocenters. The second kappa shape index (κ2) is 7.19. The van der Waals surface area contributed by atoms with Gasteiger partial charge < -0.3 is 4.74 Å². The third kappa shape index (κ3) is 3.58.